The van der Waals surface area contributed by atoms with Crippen molar-refractivity contribution in [3.63, 3.8) is 0 Å². The quantitative estimate of drug-likeness (QED) is 0.408. The first-order valence-electron chi connectivity index (χ1n) is 10.9. The highest BCUT2D eigenvalue weighted by Gasteiger charge is 2.25. The van der Waals surface area contributed by atoms with Gasteiger partial charge >= 0.3 is 5.69 Å². The maximum absolute atomic E-state index is 13.5. The second-order valence-electron chi connectivity index (χ2n) is 8.48. The molecular weight excluding hydrogens is 431 g/mol. The number of benzene rings is 2. The molecule has 174 valence electrons. The van der Waals surface area contributed by atoms with Crippen molar-refractivity contribution in [1.82, 2.24) is 19.4 Å². The summed E-state index contributed by atoms with van der Waals surface area (Å²) in [5.41, 5.74) is 1.90. The fraction of sp³-hybridized carbons (Fsp3) is 0.391. The number of fused-ring (bicyclic) bond motifs is 2. The smallest absolute Gasteiger partial charge is 0.326 e. The predicted octanol–water partition coefficient (Wildman–Crippen LogP) is 2.70. The lowest BCUT2D eigenvalue weighted by Gasteiger charge is -2.33. The van der Waals surface area contributed by atoms with Gasteiger partial charge in [-0.2, -0.15) is 0 Å². The number of phenols is 1. The highest BCUT2D eigenvalue weighted by molar-refractivity contribution is 5.81. The first kappa shape index (κ1) is 21.5. The summed E-state index contributed by atoms with van der Waals surface area (Å²) in [7, 11) is 0. The number of β-amino-alcohol motifs (C(OH)–C–C–N with tert-alkyl or cyclic N) is 1. The maximum atomic E-state index is 13.5. The van der Waals surface area contributed by atoms with Gasteiger partial charge in [-0.25, -0.2) is 14.2 Å². The molecule has 9 nitrogen and oxygen atoms in total. The van der Waals surface area contributed by atoms with Crippen LogP contribution in [0.1, 0.15) is 24.8 Å². The van der Waals surface area contributed by atoms with Crippen LogP contribution in [-0.2, 0) is 0 Å². The number of aromatic amines is 1. The summed E-state index contributed by atoms with van der Waals surface area (Å²) in [6.45, 7) is 3.59. The summed E-state index contributed by atoms with van der Waals surface area (Å²) < 4.78 is 26.3. The van der Waals surface area contributed by atoms with Crippen molar-refractivity contribution in [2.75, 3.05) is 26.2 Å². The van der Waals surface area contributed by atoms with E-state index in [-0.39, 0.29) is 29.9 Å². The molecule has 1 aliphatic heterocycles. The number of rotatable bonds is 6. The Morgan fingerprint density at radius 1 is 1.30 bits per heavy atom. The number of hydrogen-bond donors (Lipinski definition) is 3. The highest BCUT2D eigenvalue weighted by Crippen LogP contribution is 2.31. The van der Waals surface area contributed by atoms with Gasteiger partial charge in [0, 0.05) is 44.7 Å². The Balaban J connectivity index is 1.18. The SMILES string of the molecule is Cc1nc2c(OC[C@@H](O)CN3CCC(n4c(=O)[nH]c5cc(F)ccc54)CC3)cc(O)cc2o1. The Labute approximate surface area is 188 Å². The van der Waals surface area contributed by atoms with E-state index in [0.717, 1.165) is 12.8 Å². The van der Waals surface area contributed by atoms with Crippen LogP contribution in [0.4, 0.5) is 4.39 Å². The van der Waals surface area contributed by atoms with E-state index in [1.807, 2.05) is 0 Å². The zero-order valence-electron chi connectivity index (χ0n) is 18.1. The van der Waals surface area contributed by atoms with Crippen LogP contribution in [0.5, 0.6) is 11.5 Å². The van der Waals surface area contributed by atoms with E-state index in [4.69, 9.17) is 9.15 Å². The third-order valence-electron chi connectivity index (χ3n) is 6.05. The molecule has 33 heavy (non-hydrogen) atoms. The van der Waals surface area contributed by atoms with E-state index in [2.05, 4.69) is 14.9 Å². The zero-order valence-corrected chi connectivity index (χ0v) is 18.1. The van der Waals surface area contributed by atoms with Crippen molar-refractivity contribution in [1.29, 1.82) is 0 Å². The van der Waals surface area contributed by atoms with Gasteiger partial charge in [0.25, 0.3) is 0 Å². The topological polar surface area (TPSA) is 117 Å². The normalized spacial score (nSPS) is 16.6. The van der Waals surface area contributed by atoms with E-state index < -0.39 is 6.10 Å². The lowest BCUT2D eigenvalue weighted by molar-refractivity contribution is 0.0562. The number of imidazole rings is 1. The van der Waals surface area contributed by atoms with Crippen molar-refractivity contribution in [2.45, 2.75) is 31.9 Å². The number of nitrogens with zero attached hydrogens (tertiary/aromatic N) is 3. The molecule has 1 fully saturated rings. The van der Waals surface area contributed by atoms with E-state index in [1.165, 1.54) is 24.3 Å². The van der Waals surface area contributed by atoms with Crippen LogP contribution >= 0.6 is 0 Å². The maximum Gasteiger partial charge on any atom is 0.326 e. The highest BCUT2D eigenvalue weighted by atomic mass is 19.1. The van der Waals surface area contributed by atoms with Gasteiger partial charge in [0.05, 0.1) is 11.0 Å². The number of ether oxygens (including phenoxy) is 1. The van der Waals surface area contributed by atoms with Crippen LogP contribution in [0, 0.1) is 12.7 Å². The van der Waals surface area contributed by atoms with E-state index in [0.29, 0.717) is 53.4 Å². The minimum absolute atomic E-state index is 0.000439. The fourth-order valence-electron chi connectivity index (χ4n) is 4.57. The monoisotopic (exact) mass is 456 g/mol. The van der Waals surface area contributed by atoms with Crippen LogP contribution < -0.4 is 10.4 Å². The molecule has 0 aliphatic carbocycles. The largest absolute Gasteiger partial charge is 0.508 e. The second-order valence-corrected chi connectivity index (χ2v) is 8.48. The molecule has 3 N–H and O–H groups in total. The summed E-state index contributed by atoms with van der Waals surface area (Å²) in [6, 6.07) is 7.26. The molecule has 0 amide bonds. The molecule has 0 bridgehead atoms. The van der Waals surface area contributed by atoms with E-state index in [9.17, 15) is 19.4 Å². The fourth-order valence-corrected chi connectivity index (χ4v) is 4.57. The summed E-state index contributed by atoms with van der Waals surface area (Å²) in [5, 5.41) is 20.4. The number of piperidine rings is 1. The van der Waals surface area contributed by atoms with Gasteiger partial charge in [-0.05, 0) is 31.0 Å². The Hall–Kier alpha value is -3.37. The Bertz CT molecular complexity index is 1350. The number of aromatic nitrogens is 3. The number of H-pyrrole nitrogens is 1. The molecule has 1 aliphatic rings. The molecule has 0 saturated carbocycles. The second kappa shape index (κ2) is 8.53. The predicted molar refractivity (Wildman–Crippen MR) is 119 cm³/mol. The van der Waals surface area contributed by atoms with Gasteiger partial charge in [0.2, 0.25) is 0 Å². The third-order valence-corrected chi connectivity index (χ3v) is 6.05. The molecule has 1 saturated heterocycles. The van der Waals surface area contributed by atoms with Crippen LogP contribution in [0.2, 0.25) is 0 Å². The van der Waals surface area contributed by atoms with Crippen LogP contribution in [0.25, 0.3) is 22.1 Å². The molecule has 2 aromatic heterocycles. The van der Waals surface area contributed by atoms with Gasteiger partial charge < -0.3 is 29.3 Å². The Morgan fingerprint density at radius 3 is 2.88 bits per heavy atom. The molecular formula is C23H25FN4O5. The van der Waals surface area contributed by atoms with Gasteiger partial charge in [-0.3, -0.25) is 4.57 Å². The molecule has 0 spiro atoms. The number of likely N-dealkylation sites (tertiary alicyclic amines) is 1. The number of aryl methyl sites for hydroxylation is 1. The average Bonchev–Trinajstić information content (AvgIpc) is 3.30. The van der Waals surface area contributed by atoms with Gasteiger partial charge in [-0.1, -0.05) is 0 Å². The van der Waals surface area contributed by atoms with Crippen molar-refractivity contribution >= 4 is 22.1 Å². The number of oxazole rings is 1. The number of nitrogens with one attached hydrogen (secondary N) is 1. The van der Waals surface area contributed by atoms with Gasteiger partial charge in [0.1, 0.15) is 24.3 Å². The molecule has 0 radical (unpaired) electrons. The molecule has 3 heterocycles. The van der Waals surface area contributed by atoms with E-state index in [1.54, 1.807) is 17.6 Å². The van der Waals surface area contributed by atoms with Gasteiger partial charge in [-0.15, -0.1) is 0 Å². The lowest BCUT2D eigenvalue weighted by atomic mass is 10.0. The third kappa shape index (κ3) is 4.31. The Morgan fingerprint density at radius 2 is 2.09 bits per heavy atom. The summed E-state index contributed by atoms with van der Waals surface area (Å²) in [6.07, 6.45) is 0.734. The standard InChI is InChI=1S/C23H25FN4O5/c1-13-25-22-20(9-16(29)10-21(22)33-13)32-12-17(30)11-27-6-4-15(5-7-27)28-19-3-2-14(24)8-18(19)26-23(28)31/h2-3,8-10,15,17,29-30H,4-7,11-12H2,1H3,(H,26,31)/t17-/m0/s1. The molecule has 4 aromatic rings. The molecule has 5 rings (SSSR count). The van der Waals surface area contributed by atoms with Crippen LogP contribution in [0.3, 0.4) is 0 Å². The number of hydrogen-bond acceptors (Lipinski definition) is 7. The number of aliphatic hydroxyl groups excluding tert-OH is 1. The van der Waals surface area contributed by atoms with Crippen molar-refractivity contribution in [3.8, 4) is 11.5 Å². The minimum atomic E-state index is -0.745. The average molecular weight is 456 g/mol. The van der Waals surface area contributed by atoms with Crippen LogP contribution in [0.15, 0.2) is 39.5 Å². The molecule has 0 unspecified atom stereocenters. The lowest BCUT2D eigenvalue weighted by Crippen LogP contribution is -2.42. The van der Waals surface area contributed by atoms with E-state index >= 15 is 0 Å². The minimum Gasteiger partial charge on any atom is -0.508 e. The van der Waals surface area contributed by atoms with Crippen molar-refractivity contribution in [3.05, 3.63) is 52.5 Å². The van der Waals surface area contributed by atoms with Gasteiger partial charge in [0.15, 0.2) is 22.7 Å². The zero-order chi connectivity index (χ0) is 23.1. The number of halogens is 1. The molecule has 10 heteroatoms. The summed E-state index contributed by atoms with van der Waals surface area (Å²) in [4.78, 5) is 21.6. The number of aliphatic hydroxyl groups is 1. The van der Waals surface area contributed by atoms with Crippen LogP contribution in [-0.4, -0.2) is 62.0 Å². The molecule has 2 aromatic carbocycles. The summed E-state index contributed by atoms with van der Waals surface area (Å²) >= 11 is 0. The number of phenolic OH excluding ortho intramolecular Hbond substituents is 1. The first-order chi connectivity index (χ1) is 15.9. The van der Waals surface area contributed by atoms with Crippen molar-refractivity contribution in [2.24, 2.45) is 0 Å². The van der Waals surface area contributed by atoms with Crippen molar-refractivity contribution < 1.29 is 23.8 Å². The summed E-state index contributed by atoms with van der Waals surface area (Å²) in [5.74, 6) is 0.436. The first-order valence-corrected chi connectivity index (χ1v) is 10.9. The molecule has 1 atom stereocenters. The number of aromatic hydroxyl groups is 1. The Kier molecular flexibility index (Phi) is 5.55.